The number of sulfonamides is 1. The van der Waals surface area contributed by atoms with Crippen LogP contribution in [0.1, 0.15) is 12.0 Å². The fourth-order valence-corrected chi connectivity index (χ4v) is 5.05. The second-order valence-electron chi connectivity index (χ2n) is 7.62. The molecule has 0 saturated carbocycles. The molecule has 8 nitrogen and oxygen atoms in total. The predicted molar refractivity (Wildman–Crippen MR) is 118 cm³/mol. The number of amides is 2. The second kappa shape index (κ2) is 9.06. The van der Waals surface area contributed by atoms with Crippen LogP contribution in [-0.2, 0) is 26.2 Å². The number of para-hydroxylation sites is 1. The zero-order chi connectivity index (χ0) is 23.8. The van der Waals surface area contributed by atoms with Gasteiger partial charge in [-0.1, -0.05) is 35.9 Å². The van der Waals surface area contributed by atoms with Crippen LogP contribution in [0.2, 0.25) is 5.02 Å². The molecule has 2 atom stereocenters. The summed E-state index contributed by atoms with van der Waals surface area (Å²) in [4.78, 5) is 28.1. The summed E-state index contributed by atoms with van der Waals surface area (Å²) in [6.45, 7) is -0.798. The Morgan fingerprint density at radius 1 is 1.18 bits per heavy atom. The number of alkyl halides is 1. The highest BCUT2D eigenvalue weighted by molar-refractivity contribution is 7.90. The van der Waals surface area contributed by atoms with Crippen LogP contribution in [0.15, 0.2) is 51.8 Å². The molecule has 1 saturated heterocycles. The van der Waals surface area contributed by atoms with Crippen molar-refractivity contribution in [1.29, 1.82) is 0 Å². The number of fused-ring (bicyclic) bond motifs is 1. The monoisotopic (exact) mass is 496 g/mol. The first kappa shape index (κ1) is 23.1. The van der Waals surface area contributed by atoms with Gasteiger partial charge < -0.3 is 15.1 Å². The first-order valence-electron chi connectivity index (χ1n) is 9.97. The average Bonchev–Trinajstić information content (AvgIpc) is 3.19. The van der Waals surface area contributed by atoms with Crippen molar-refractivity contribution in [2.45, 2.75) is 30.1 Å². The Labute approximate surface area is 193 Å². The number of hydrogen-bond donors (Lipinski definition) is 1. The number of carbonyl (C=O) groups is 2. The van der Waals surface area contributed by atoms with E-state index in [1.54, 1.807) is 6.07 Å². The van der Waals surface area contributed by atoms with Crippen molar-refractivity contribution in [3.63, 3.8) is 0 Å². The van der Waals surface area contributed by atoms with Gasteiger partial charge in [0.05, 0.1) is 17.3 Å². The number of carbonyl (C=O) groups excluding carboxylic acids is 2. The molecule has 0 aliphatic carbocycles. The maximum atomic E-state index is 14.2. The number of rotatable bonds is 5. The zero-order valence-corrected chi connectivity index (χ0v) is 18.7. The fraction of sp³-hybridized carbons (Fsp3) is 0.286. The van der Waals surface area contributed by atoms with Crippen molar-refractivity contribution in [1.82, 2.24) is 10.2 Å². The van der Waals surface area contributed by atoms with E-state index in [4.69, 9.17) is 11.6 Å². The molecule has 174 valence electrons. The van der Waals surface area contributed by atoms with Gasteiger partial charge in [0, 0.05) is 18.5 Å². The van der Waals surface area contributed by atoms with E-state index in [2.05, 4.69) is 9.71 Å². The van der Waals surface area contributed by atoms with E-state index in [1.807, 2.05) is 0 Å². The molecule has 0 radical (unpaired) electrons. The van der Waals surface area contributed by atoms with Crippen LogP contribution < -0.4 is 10.2 Å². The summed E-state index contributed by atoms with van der Waals surface area (Å²) < 4.78 is 56.0. The van der Waals surface area contributed by atoms with Crippen molar-refractivity contribution in [2.24, 2.45) is 4.40 Å². The van der Waals surface area contributed by atoms with Crippen molar-refractivity contribution < 1.29 is 26.8 Å². The molecule has 2 aliphatic heterocycles. The maximum Gasteiger partial charge on any atom is 0.285 e. The molecule has 2 aliphatic rings. The van der Waals surface area contributed by atoms with Gasteiger partial charge in [0.2, 0.25) is 11.8 Å². The Hall–Kier alpha value is -3.05. The van der Waals surface area contributed by atoms with E-state index in [1.165, 1.54) is 41.3 Å². The largest absolute Gasteiger partial charge is 0.350 e. The standard InChI is InChI=1S/C21H19ClF2N4O4S/c22-15-5-3-4-13(20(15)24)9-25-21(30)17-8-14(23)10-28(17)19(29)11-27-12-26-33(31,32)18-7-2-1-6-16(18)27/h1-7,12,14,17H,8-11H2,(H,25,30). The molecule has 2 unspecified atom stereocenters. The molecule has 1 N–H and O–H groups in total. The van der Waals surface area contributed by atoms with Crippen molar-refractivity contribution >= 4 is 45.5 Å². The molecular weight excluding hydrogens is 478 g/mol. The third-order valence-electron chi connectivity index (χ3n) is 5.44. The van der Waals surface area contributed by atoms with E-state index in [9.17, 15) is 26.8 Å². The number of benzene rings is 2. The molecule has 12 heteroatoms. The Kier molecular flexibility index (Phi) is 6.35. The van der Waals surface area contributed by atoms with Crippen LogP contribution in [0.3, 0.4) is 0 Å². The molecular formula is C21H19ClF2N4O4S. The first-order valence-corrected chi connectivity index (χ1v) is 11.8. The molecule has 0 bridgehead atoms. The van der Waals surface area contributed by atoms with E-state index in [0.29, 0.717) is 0 Å². The Morgan fingerprint density at radius 3 is 2.73 bits per heavy atom. The lowest BCUT2D eigenvalue weighted by Crippen LogP contribution is -2.49. The van der Waals surface area contributed by atoms with Gasteiger partial charge in [-0.2, -0.15) is 8.42 Å². The number of halogens is 3. The SMILES string of the molecule is O=C(NCc1cccc(Cl)c1F)C1CC(F)CN1C(=O)CN1C=NS(=O)(=O)c2ccccc21. The van der Waals surface area contributed by atoms with Crippen LogP contribution in [0.5, 0.6) is 0 Å². The lowest BCUT2D eigenvalue weighted by atomic mass is 10.1. The minimum atomic E-state index is -3.86. The van der Waals surface area contributed by atoms with Crippen molar-refractivity contribution in [3.8, 4) is 0 Å². The normalized spacial score (nSPS) is 21.1. The van der Waals surface area contributed by atoms with Crippen LogP contribution in [-0.4, -0.2) is 56.8 Å². The summed E-state index contributed by atoms with van der Waals surface area (Å²) in [6.07, 6.45) is -0.584. The van der Waals surface area contributed by atoms with E-state index in [0.717, 1.165) is 11.2 Å². The highest BCUT2D eigenvalue weighted by atomic mass is 35.5. The van der Waals surface area contributed by atoms with Gasteiger partial charge in [0.25, 0.3) is 10.0 Å². The van der Waals surface area contributed by atoms with Crippen molar-refractivity contribution in [2.75, 3.05) is 18.0 Å². The van der Waals surface area contributed by atoms with E-state index < -0.39 is 39.9 Å². The summed E-state index contributed by atoms with van der Waals surface area (Å²) >= 11 is 5.74. The van der Waals surface area contributed by atoms with E-state index in [-0.39, 0.29) is 47.2 Å². The fourth-order valence-electron chi connectivity index (χ4n) is 3.81. The Bertz CT molecular complexity index is 1240. The number of nitrogens with zero attached hydrogens (tertiary/aromatic N) is 3. The maximum absolute atomic E-state index is 14.2. The molecule has 2 amide bonds. The molecule has 0 aromatic heterocycles. The lowest BCUT2D eigenvalue weighted by molar-refractivity contribution is -0.137. The lowest BCUT2D eigenvalue weighted by Gasteiger charge is -2.29. The summed E-state index contributed by atoms with van der Waals surface area (Å²) in [6, 6.07) is 9.33. The molecule has 2 aromatic carbocycles. The third-order valence-corrected chi connectivity index (χ3v) is 7.01. The van der Waals surface area contributed by atoms with Crippen LogP contribution in [0, 0.1) is 5.82 Å². The molecule has 4 rings (SSSR count). The number of nitrogens with one attached hydrogen (secondary N) is 1. The van der Waals surface area contributed by atoms with Gasteiger partial charge >= 0.3 is 0 Å². The van der Waals surface area contributed by atoms with Crippen molar-refractivity contribution in [3.05, 3.63) is 58.9 Å². The van der Waals surface area contributed by atoms with Crippen LogP contribution in [0.25, 0.3) is 0 Å². The average molecular weight is 497 g/mol. The van der Waals surface area contributed by atoms with Crippen LogP contribution in [0.4, 0.5) is 14.5 Å². The molecule has 0 spiro atoms. The summed E-state index contributed by atoms with van der Waals surface area (Å²) in [5.41, 5.74) is 0.417. The number of likely N-dealkylation sites (tertiary alicyclic amines) is 1. The number of hydrogen-bond acceptors (Lipinski definition) is 5. The molecule has 2 heterocycles. The highest BCUT2D eigenvalue weighted by Crippen LogP contribution is 2.30. The highest BCUT2D eigenvalue weighted by Gasteiger charge is 2.40. The zero-order valence-electron chi connectivity index (χ0n) is 17.1. The predicted octanol–water partition coefficient (Wildman–Crippen LogP) is 2.27. The third kappa shape index (κ3) is 4.69. The van der Waals surface area contributed by atoms with E-state index >= 15 is 0 Å². The van der Waals surface area contributed by atoms with Gasteiger partial charge in [0.1, 0.15) is 35.8 Å². The summed E-state index contributed by atoms with van der Waals surface area (Å²) in [7, 11) is -3.86. The van der Waals surface area contributed by atoms with Gasteiger partial charge in [-0.3, -0.25) is 9.59 Å². The van der Waals surface area contributed by atoms with Gasteiger partial charge in [-0.25, -0.2) is 8.78 Å². The van der Waals surface area contributed by atoms with Gasteiger partial charge in [0.15, 0.2) is 0 Å². The molecule has 33 heavy (non-hydrogen) atoms. The first-order chi connectivity index (χ1) is 15.7. The minimum Gasteiger partial charge on any atom is -0.350 e. The minimum absolute atomic E-state index is 0.0528. The second-order valence-corrected chi connectivity index (χ2v) is 9.63. The van der Waals surface area contributed by atoms with Gasteiger partial charge in [-0.05, 0) is 18.2 Å². The Morgan fingerprint density at radius 2 is 1.94 bits per heavy atom. The number of anilines is 1. The summed E-state index contributed by atoms with van der Waals surface area (Å²) in [5.74, 6) is -1.87. The molecule has 2 aromatic rings. The Balaban J connectivity index is 1.47. The topological polar surface area (TPSA) is 99.2 Å². The van der Waals surface area contributed by atoms with Crippen LogP contribution >= 0.6 is 11.6 Å². The smallest absolute Gasteiger partial charge is 0.285 e. The van der Waals surface area contributed by atoms with Gasteiger partial charge in [-0.15, -0.1) is 4.40 Å². The molecule has 1 fully saturated rings. The quantitative estimate of drug-likeness (QED) is 0.684. The summed E-state index contributed by atoms with van der Waals surface area (Å²) in [5, 5.41) is 2.44.